The number of carbonyl (C=O) groups is 1. The van der Waals surface area contributed by atoms with E-state index in [1.807, 2.05) is 0 Å². The normalized spacial score (nSPS) is 32.4. The summed E-state index contributed by atoms with van der Waals surface area (Å²) in [5.74, 6) is 1.01. The number of hydrogen-bond donors (Lipinski definition) is 1. The lowest BCUT2D eigenvalue weighted by Crippen LogP contribution is -2.48. The van der Waals surface area contributed by atoms with Crippen molar-refractivity contribution in [2.45, 2.75) is 83.1 Å². The van der Waals surface area contributed by atoms with Crippen LogP contribution < -0.4 is 5.32 Å². The van der Waals surface area contributed by atoms with Gasteiger partial charge < -0.3 is 4.90 Å². The maximum atomic E-state index is 12.7. The van der Waals surface area contributed by atoms with Crippen LogP contribution in [0.2, 0.25) is 0 Å². The van der Waals surface area contributed by atoms with Crippen molar-refractivity contribution in [1.82, 2.24) is 15.1 Å². The Morgan fingerprint density at radius 3 is 2.52 bits per heavy atom. The minimum atomic E-state index is 0.0500. The van der Waals surface area contributed by atoms with Gasteiger partial charge in [-0.3, -0.25) is 15.0 Å². The van der Waals surface area contributed by atoms with E-state index in [0.717, 1.165) is 19.0 Å². The third kappa shape index (κ3) is 3.11. The molecule has 1 saturated heterocycles. The number of amides is 1. The molecule has 0 radical (unpaired) electrons. The molecule has 4 heteroatoms. The number of rotatable bonds is 6. The summed E-state index contributed by atoms with van der Waals surface area (Å²) in [6.45, 7) is 5.28. The third-order valence-electron chi connectivity index (χ3n) is 5.82. The van der Waals surface area contributed by atoms with E-state index in [1.54, 1.807) is 0 Å². The van der Waals surface area contributed by atoms with Gasteiger partial charge in [0, 0.05) is 18.6 Å². The molecule has 3 fully saturated rings. The lowest BCUT2D eigenvalue weighted by atomic mass is 10.0. The van der Waals surface area contributed by atoms with Crippen LogP contribution in [0.25, 0.3) is 0 Å². The second kappa shape index (κ2) is 6.25. The quantitative estimate of drug-likeness (QED) is 0.815. The molecule has 120 valence electrons. The zero-order valence-electron chi connectivity index (χ0n) is 13.8. The first-order valence-electron chi connectivity index (χ1n) is 8.90. The molecule has 3 rings (SSSR count). The maximum Gasteiger partial charge on any atom is 0.241 e. The summed E-state index contributed by atoms with van der Waals surface area (Å²) in [5, 5.41) is 3.63. The predicted octanol–water partition coefficient (Wildman–Crippen LogP) is 2.20. The Balaban J connectivity index is 1.67. The summed E-state index contributed by atoms with van der Waals surface area (Å²) in [5.41, 5.74) is 0. The maximum absolute atomic E-state index is 12.7. The van der Waals surface area contributed by atoms with E-state index in [1.165, 1.54) is 38.5 Å². The van der Waals surface area contributed by atoms with Crippen molar-refractivity contribution >= 4 is 5.91 Å². The Bertz CT molecular complexity index is 376. The number of hydrogen-bond acceptors (Lipinski definition) is 3. The first kappa shape index (κ1) is 15.3. The highest BCUT2D eigenvalue weighted by atomic mass is 16.2. The van der Waals surface area contributed by atoms with Gasteiger partial charge in [0.05, 0.1) is 12.2 Å². The molecule has 2 saturated carbocycles. The van der Waals surface area contributed by atoms with Gasteiger partial charge in [0.1, 0.15) is 0 Å². The molecule has 1 amide bonds. The summed E-state index contributed by atoms with van der Waals surface area (Å²) in [6, 6.07) is 1.27. The Labute approximate surface area is 129 Å². The van der Waals surface area contributed by atoms with Gasteiger partial charge in [0.15, 0.2) is 0 Å². The average Bonchev–Trinajstić information content (AvgIpc) is 3.10. The van der Waals surface area contributed by atoms with Gasteiger partial charge in [-0.25, -0.2) is 0 Å². The molecule has 0 bridgehead atoms. The third-order valence-corrected chi connectivity index (χ3v) is 5.82. The van der Waals surface area contributed by atoms with Crippen LogP contribution in [0.3, 0.4) is 0 Å². The Kier molecular flexibility index (Phi) is 4.55. The molecule has 0 aromatic rings. The Morgan fingerprint density at radius 2 is 1.95 bits per heavy atom. The summed E-state index contributed by atoms with van der Waals surface area (Å²) >= 11 is 0. The minimum absolute atomic E-state index is 0.0500. The van der Waals surface area contributed by atoms with Gasteiger partial charge in [0.2, 0.25) is 5.91 Å². The molecule has 0 aromatic carbocycles. The van der Waals surface area contributed by atoms with Gasteiger partial charge >= 0.3 is 0 Å². The number of nitrogens with one attached hydrogen (secondary N) is 1. The molecule has 4 nitrogen and oxygen atoms in total. The zero-order chi connectivity index (χ0) is 15.0. The monoisotopic (exact) mass is 293 g/mol. The molecule has 3 aliphatic rings. The highest BCUT2D eigenvalue weighted by molar-refractivity contribution is 5.84. The van der Waals surface area contributed by atoms with Crippen molar-refractivity contribution in [3.63, 3.8) is 0 Å². The molecule has 3 atom stereocenters. The Morgan fingerprint density at radius 1 is 1.29 bits per heavy atom. The van der Waals surface area contributed by atoms with E-state index in [2.05, 4.69) is 36.0 Å². The molecule has 1 aliphatic heterocycles. The number of likely N-dealkylation sites (N-methyl/N-ethyl adjacent to an activating group) is 1. The van der Waals surface area contributed by atoms with E-state index < -0.39 is 0 Å². The van der Waals surface area contributed by atoms with Crippen molar-refractivity contribution < 1.29 is 4.79 Å². The van der Waals surface area contributed by atoms with E-state index in [9.17, 15) is 4.79 Å². The summed E-state index contributed by atoms with van der Waals surface area (Å²) in [4.78, 5) is 17.3. The molecular weight excluding hydrogens is 262 g/mol. The fraction of sp³-hybridized carbons (Fsp3) is 0.941. The first-order valence-corrected chi connectivity index (χ1v) is 8.90. The molecule has 2 aliphatic carbocycles. The van der Waals surface area contributed by atoms with Crippen LogP contribution in [0.15, 0.2) is 0 Å². The smallest absolute Gasteiger partial charge is 0.241 e. The van der Waals surface area contributed by atoms with Crippen molar-refractivity contribution in [3.05, 3.63) is 0 Å². The van der Waals surface area contributed by atoms with Crippen molar-refractivity contribution in [2.24, 2.45) is 5.92 Å². The molecular formula is C17H31N3O. The van der Waals surface area contributed by atoms with Gasteiger partial charge in [-0.05, 0) is 52.0 Å². The molecule has 21 heavy (non-hydrogen) atoms. The SMILES string of the molecule is CCC1NC(C2CCCC2)N(CC(C)N(C)C2CC2)C1=O. The van der Waals surface area contributed by atoms with Gasteiger partial charge in [-0.2, -0.15) is 0 Å². The van der Waals surface area contributed by atoms with Gasteiger partial charge in [-0.15, -0.1) is 0 Å². The molecule has 1 N–H and O–H groups in total. The van der Waals surface area contributed by atoms with Gasteiger partial charge in [0.25, 0.3) is 0 Å². The predicted molar refractivity (Wildman–Crippen MR) is 84.9 cm³/mol. The second-order valence-electron chi connectivity index (χ2n) is 7.35. The van der Waals surface area contributed by atoms with Crippen LogP contribution in [0.5, 0.6) is 0 Å². The summed E-state index contributed by atoms with van der Waals surface area (Å²) in [7, 11) is 2.22. The number of carbonyl (C=O) groups excluding carboxylic acids is 1. The summed E-state index contributed by atoms with van der Waals surface area (Å²) in [6.07, 6.45) is 9.09. The van der Waals surface area contributed by atoms with Crippen molar-refractivity contribution in [3.8, 4) is 0 Å². The first-order chi connectivity index (χ1) is 10.1. The van der Waals surface area contributed by atoms with Crippen LogP contribution in [0.1, 0.15) is 58.8 Å². The number of nitrogens with zero attached hydrogens (tertiary/aromatic N) is 2. The van der Waals surface area contributed by atoms with E-state index in [4.69, 9.17) is 0 Å². The van der Waals surface area contributed by atoms with Crippen molar-refractivity contribution in [1.29, 1.82) is 0 Å². The fourth-order valence-corrected chi connectivity index (χ4v) is 4.12. The topological polar surface area (TPSA) is 35.6 Å². The van der Waals surface area contributed by atoms with Crippen LogP contribution in [0.4, 0.5) is 0 Å². The Hall–Kier alpha value is -0.610. The second-order valence-corrected chi connectivity index (χ2v) is 7.35. The summed E-state index contributed by atoms with van der Waals surface area (Å²) < 4.78 is 0. The largest absolute Gasteiger partial charge is 0.324 e. The molecule has 3 unspecified atom stereocenters. The van der Waals surface area contributed by atoms with Crippen LogP contribution in [-0.4, -0.2) is 53.6 Å². The highest BCUT2D eigenvalue weighted by Crippen LogP contribution is 2.33. The van der Waals surface area contributed by atoms with E-state index in [-0.39, 0.29) is 6.04 Å². The minimum Gasteiger partial charge on any atom is -0.324 e. The highest BCUT2D eigenvalue weighted by Gasteiger charge is 2.43. The fourth-order valence-electron chi connectivity index (χ4n) is 4.12. The van der Waals surface area contributed by atoms with E-state index in [0.29, 0.717) is 24.0 Å². The average molecular weight is 293 g/mol. The molecule has 1 heterocycles. The van der Waals surface area contributed by atoms with Crippen LogP contribution >= 0.6 is 0 Å². The molecule has 0 aromatic heterocycles. The van der Waals surface area contributed by atoms with Crippen LogP contribution in [-0.2, 0) is 4.79 Å². The van der Waals surface area contributed by atoms with Crippen LogP contribution in [0, 0.1) is 5.92 Å². The lowest BCUT2D eigenvalue weighted by molar-refractivity contribution is -0.131. The standard InChI is InChI=1S/C17H31N3O/c1-4-15-17(21)20(11-12(2)19(3)14-9-10-14)16(18-15)13-7-5-6-8-13/h12-16,18H,4-11H2,1-3H3. The van der Waals surface area contributed by atoms with Gasteiger partial charge in [-0.1, -0.05) is 19.8 Å². The van der Waals surface area contributed by atoms with Crippen molar-refractivity contribution in [2.75, 3.05) is 13.6 Å². The zero-order valence-corrected chi connectivity index (χ0v) is 13.8. The molecule has 0 spiro atoms. The van der Waals surface area contributed by atoms with E-state index >= 15 is 0 Å². The lowest BCUT2D eigenvalue weighted by Gasteiger charge is -2.34.